The predicted octanol–water partition coefficient (Wildman–Crippen LogP) is 2.67. The highest BCUT2D eigenvalue weighted by Crippen LogP contribution is 2.29. The standard InChI is InChI=1S/C24H30N4O2/c25-22(7-9-27-11-13-29)20-6-5-19-15-17-3-1-2-4-18(17)16-21(19)24(20)23(26)8-10-28-12-14-30/h1-6,15-16,25-30H,7-14H2. The third-order valence-electron chi connectivity index (χ3n) is 5.19. The van der Waals surface area contributed by atoms with Gasteiger partial charge in [0, 0.05) is 61.6 Å². The van der Waals surface area contributed by atoms with Gasteiger partial charge >= 0.3 is 0 Å². The molecule has 3 aromatic carbocycles. The molecular weight excluding hydrogens is 376 g/mol. The molecule has 3 rings (SSSR count). The lowest BCUT2D eigenvalue weighted by molar-refractivity contribution is 0.293. The van der Waals surface area contributed by atoms with Crippen LogP contribution in [0.3, 0.4) is 0 Å². The van der Waals surface area contributed by atoms with Crippen molar-refractivity contribution in [2.24, 2.45) is 0 Å². The average molecular weight is 407 g/mol. The summed E-state index contributed by atoms with van der Waals surface area (Å²) in [4.78, 5) is 0. The summed E-state index contributed by atoms with van der Waals surface area (Å²) >= 11 is 0. The van der Waals surface area contributed by atoms with Gasteiger partial charge in [0.05, 0.1) is 13.2 Å². The molecule has 0 unspecified atom stereocenters. The van der Waals surface area contributed by atoms with E-state index >= 15 is 0 Å². The SMILES string of the molecule is N=C(CCNCCO)c1ccc2cc3ccccc3cc2c1C(=N)CCNCCO. The third kappa shape index (κ3) is 5.29. The topological polar surface area (TPSA) is 112 Å². The minimum absolute atomic E-state index is 0.0737. The van der Waals surface area contributed by atoms with Gasteiger partial charge in [0.2, 0.25) is 0 Å². The van der Waals surface area contributed by atoms with E-state index in [1.165, 1.54) is 0 Å². The molecule has 30 heavy (non-hydrogen) atoms. The Morgan fingerprint density at radius 3 is 1.93 bits per heavy atom. The van der Waals surface area contributed by atoms with Gasteiger partial charge in [0.1, 0.15) is 0 Å². The van der Waals surface area contributed by atoms with Crippen molar-refractivity contribution in [1.29, 1.82) is 10.8 Å². The zero-order chi connectivity index (χ0) is 21.3. The fraction of sp³-hybridized carbons (Fsp3) is 0.333. The van der Waals surface area contributed by atoms with Gasteiger partial charge in [0.15, 0.2) is 0 Å². The molecule has 0 saturated heterocycles. The van der Waals surface area contributed by atoms with Crippen LogP contribution in [0.25, 0.3) is 21.5 Å². The number of aliphatic hydroxyl groups is 2. The molecule has 158 valence electrons. The van der Waals surface area contributed by atoms with Crippen molar-refractivity contribution in [2.45, 2.75) is 12.8 Å². The van der Waals surface area contributed by atoms with E-state index in [9.17, 15) is 0 Å². The molecule has 0 spiro atoms. The number of nitrogens with one attached hydrogen (secondary N) is 4. The monoisotopic (exact) mass is 406 g/mol. The zero-order valence-electron chi connectivity index (χ0n) is 17.2. The summed E-state index contributed by atoms with van der Waals surface area (Å²) in [6.07, 6.45) is 1.05. The van der Waals surface area contributed by atoms with Gasteiger partial charge in [-0.15, -0.1) is 0 Å². The molecule has 0 atom stereocenters. The minimum atomic E-state index is 0.0737. The van der Waals surface area contributed by atoms with Gasteiger partial charge in [-0.2, -0.15) is 0 Å². The number of rotatable bonds is 12. The molecule has 0 aromatic heterocycles. The van der Waals surface area contributed by atoms with Crippen LogP contribution < -0.4 is 10.6 Å². The van der Waals surface area contributed by atoms with Crippen molar-refractivity contribution >= 4 is 33.0 Å². The molecule has 0 fully saturated rings. The number of aliphatic hydroxyl groups excluding tert-OH is 2. The Morgan fingerprint density at radius 1 is 0.700 bits per heavy atom. The highest BCUT2D eigenvalue weighted by Gasteiger charge is 2.16. The molecule has 0 heterocycles. The summed E-state index contributed by atoms with van der Waals surface area (Å²) in [6, 6.07) is 16.4. The Hall–Kier alpha value is -2.64. The normalized spacial score (nSPS) is 11.3. The van der Waals surface area contributed by atoms with Crippen molar-refractivity contribution in [3.8, 4) is 0 Å². The van der Waals surface area contributed by atoms with Crippen molar-refractivity contribution in [3.05, 3.63) is 59.7 Å². The maximum Gasteiger partial charge on any atom is 0.0555 e. The molecule has 0 aliphatic rings. The Kier molecular flexibility index (Phi) is 8.04. The Balaban J connectivity index is 1.99. The third-order valence-corrected chi connectivity index (χ3v) is 5.19. The van der Waals surface area contributed by atoms with Crippen LogP contribution in [0, 0.1) is 10.8 Å². The average Bonchev–Trinajstić information content (AvgIpc) is 2.77. The van der Waals surface area contributed by atoms with Gasteiger partial charge < -0.3 is 31.7 Å². The molecule has 0 saturated carbocycles. The van der Waals surface area contributed by atoms with E-state index in [4.69, 9.17) is 21.0 Å². The van der Waals surface area contributed by atoms with E-state index in [1.54, 1.807) is 0 Å². The molecule has 0 aliphatic carbocycles. The van der Waals surface area contributed by atoms with Gasteiger partial charge in [-0.25, -0.2) is 0 Å². The van der Waals surface area contributed by atoms with Crippen LogP contribution in [-0.2, 0) is 0 Å². The zero-order valence-corrected chi connectivity index (χ0v) is 17.2. The van der Waals surface area contributed by atoms with E-state index in [0.717, 1.165) is 32.7 Å². The first-order chi connectivity index (χ1) is 14.7. The second-order valence-corrected chi connectivity index (χ2v) is 7.31. The van der Waals surface area contributed by atoms with Crippen LogP contribution in [0.4, 0.5) is 0 Å². The van der Waals surface area contributed by atoms with E-state index in [1.807, 2.05) is 24.3 Å². The van der Waals surface area contributed by atoms with E-state index < -0.39 is 0 Å². The second-order valence-electron chi connectivity index (χ2n) is 7.31. The van der Waals surface area contributed by atoms with Crippen molar-refractivity contribution in [2.75, 3.05) is 39.4 Å². The fourth-order valence-corrected chi connectivity index (χ4v) is 3.68. The summed E-state index contributed by atoms with van der Waals surface area (Å²) in [5.74, 6) is 0. The Bertz CT molecular complexity index is 1030. The molecule has 6 nitrogen and oxygen atoms in total. The van der Waals surface area contributed by atoms with Crippen molar-refractivity contribution in [1.82, 2.24) is 10.6 Å². The van der Waals surface area contributed by atoms with Gasteiger partial charge in [-0.3, -0.25) is 0 Å². The Labute approximate surface area is 177 Å². The second kappa shape index (κ2) is 10.9. The summed E-state index contributed by atoms with van der Waals surface area (Å²) in [5.41, 5.74) is 2.58. The van der Waals surface area contributed by atoms with Crippen LogP contribution in [0.5, 0.6) is 0 Å². The number of benzene rings is 3. The molecule has 0 bridgehead atoms. The van der Waals surface area contributed by atoms with Gasteiger partial charge in [-0.05, 0) is 33.7 Å². The summed E-state index contributed by atoms with van der Waals surface area (Å²) in [5, 5.41) is 45.9. The molecule has 3 aromatic rings. The molecule has 0 aliphatic heterocycles. The largest absolute Gasteiger partial charge is 0.395 e. The maximum atomic E-state index is 8.96. The molecular formula is C24H30N4O2. The van der Waals surface area contributed by atoms with Gasteiger partial charge in [0.25, 0.3) is 0 Å². The predicted molar refractivity (Wildman–Crippen MR) is 124 cm³/mol. The van der Waals surface area contributed by atoms with E-state index in [-0.39, 0.29) is 13.2 Å². The van der Waals surface area contributed by atoms with E-state index in [0.29, 0.717) is 50.4 Å². The van der Waals surface area contributed by atoms with E-state index in [2.05, 4.69) is 34.9 Å². The molecule has 6 N–H and O–H groups in total. The lowest BCUT2D eigenvalue weighted by Crippen LogP contribution is -2.24. The van der Waals surface area contributed by atoms with Crippen LogP contribution in [0.2, 0.25) is 0 Å². The number of hydrogen-bond donors (Lipinski definition) is 6. The summed E-state index contributed by atoms with van der Waals surface area (Å²) in [7, 11) is 0. The van der Waals surface area contributed by atoms with Crippen LogP contribution >= 0.6 is 0 Å². The van der Waals surface area contributed by atoms with Crippen LogP contribution in [0.15, 0.2) is 48.5 Å². The maximum absolute atomic E-state index is 8.96. The highest BCUT2D eigenvalue weighted by molar-refractivity contribution is 6.19. The fourth-order valence-electron chi connectivity index (χ4n) is 3.68. The molecule has 6 heteroatoms. The first-order valence-electron chi connectivity index (χ1n) is 10.4. The summed E-state index contributed by atoms with van der Waals surface area (Å²) in [6.45, 7) is 2.38. The summed E-state index contributed by atoms with van der Waals surface area (Å²) < 4.78 is 0. The van der Waals surface area contributed by atoms with Crippen LogP contribution in [-0.4, -0.2) is 61.0 Å². The first kappa shape index (κ1) is 22.1. The quantitative estimate of drug-likeness (QED) is 0.158. The number of fused-ring (bicyclic) bond motifs is 2. The van der Waals surface area contributed by atoms with Crippen molar-refractivity contribution in [3.63, 3.8) is 0 Å². The highest BCUT2D eigenvalue weighted by atomic mass is 16.3. The first-order valence-corrected chi connectivity index (χ1v) is 10.4. The smallest absolute Gasteiger partial charge is 0.0555 e. The lowest BCUT2D eigenvalue weighted by Gasteiger charge is -2.16. The van der Waals surface area contributed by atoms with Crippen molar-refractivity contribution < 1.29 is 10.2 Å². The lowest BCUT2D eigenvalue weighted by atomic mass is 9.89. The van der Waals surface area contributed by atoms with Crippen LogP contribution in [0.1, 0.15) is 24.0 Å². The van der Waals surface area contributed by atoms with Gasteiger partial charge in [-0.1, -0.05) is 36.4 Å². The Morgan fingerprint density at radius 2 is 1.30 bits per heavy atom. The minimum Gasteiger partial charge on any atom is -0.395 e. The molecule has 0 amide bonds. The molecule has 0 radical (unpaired) electrons. The number of hydrogen-bond acceptors (Lipinski definition) is 6.